The Morgan fingerprint density at radius 2 is 1.90 bits per heavy atom. The van der Waals surface area contributed by atoms with Gasteiger partial charge in [-0.25, -0.2) is 0 Å². The molecule has 0 saturated heterocycles. The van der Waals surface area contributed by atoms with Crippen LogP contribution in [-0.2, 0) is 9.59 Å². The van der Waals surface area contributed by atoms with Crippen LogP contribution in [0.15, 0.2) is 12.1 Å². The molecule has 0 fully saturated rings. The van der Waals surface area contributed by atoms with Gasteiger partial charge in [-0.05, 0) is 26.2 Å². The van der Waals surface area contributed by atoms with Crippen LogP contribution in [0.4, 0.5) is 5.00 Å². The van der Waals surface area contributed by atoms with Gasteiger partial charge in [-0.3, -0.25) is 14.4 Å². The Kier molecular flexibility index (Phi) is 6.32. The summed E-state index contributed by atoms with van der Waals surface area (Å²) >= 11 is 1.13. The molecule has 1 rings (SSSR count). The van der Waals surface area contributed by atoms with Crippen LogP contribution in [-0.4, -0.2) is 66.4 Å². The summed E-state index contributed by atoms with van der Waals surface area (Å²) in [7, 11) is 3.70. The van der Waals surface area contributed by atoms with Crippen molar-refractivity contribution >= 4 is 34.1 Å². The highest BCUT2D eigenvalue weighted by Gasteiger charge is 2.20. The van der Waals surface area contributed by atoms with Gasteiger partial charge in [0.1, 0.15) is 6.54 Å². The minimum absolute atomic E-state index is 0.217. The molecule has 2 N–H and O–H groups in total. The molecule has 8 heteroatoms. The fraction of sp³-hybridized carbons (Fsp3) is 0.462. The van der Waals surface area contributed by atoms with Gasteiger partial charge in [0.15, 0.2) is 0 Å². The molecule has 0 atom stereocenters. The average molecular weight is 313 g/mol. The van der Waals surface area contributed by atoms with E-state index in [9.17, 15) is 14.4 Å². The normalized spacial score (nSPS) is 10.5. The molecule has 0 unspecified atom stereocenters. The first-order valence-electron chi connectivity index (χ1n) is 6.33. The molecule has 7 nitrogen and oxygen atoms in total. The molecule has 0 aliphatic rings. The Labute approximate surface area is 127 Å². The molecule has 1 heterocycles. The molecule has 1 aromatic heterocycles. The number of carbonyl (C=O) groups excluding carboxylic acids is 2. The molecule has 0 spiro atoms. The standard InChI is InChI=1S/C13H19N3O4S/c1-9(17)14-11-5-4-10(21-11)13(20)16(8-12(18)19)7-6-15(2)3/h4-5H,6-8H2,1-3H3,(H,14,17)(H,18,19). The Bertz CT molecular complexity index is 527. The summed E-state index contributed by atoms with van der Waals surface area (Å²) in [4.78, 5) is 37.7. The first kappa shape index (κ1) is 17.1. The van der Waals surface area contributed by atoms with Crippen molar-refractivity contribution in [3.63, 3.8) is 0 Å². The van der Waals surface area contributed by atoms with Gasteiger partial charge in [0.25, 0.3) is 5.91 Å². The Hall–Kier alpha value is -1.93. The van der Waals surface area contributed by atoms with Crippen LogP contribution in [0, 0.1) is 0 Å². The van der Waals surface area contributed by atoms with E-state index in [0.29, 0.717) is 23.0 Å². The molecular formula is C13H19N3O4S. The maximum atomic E-state index is 12.3. The quantitative estimate of drug-likeness (QED) is 0.777. The number of carboxylic acid groups (broad SMARTS) is 1. The minimum Gasteiger partial charge on any atom is -0.480 e. The number of carbonyl (C=O) groups is 3. The number of nitrogens with one attached hydrogen (secondary N) is 1. The fourth-order valence-electron chi connectivity index (χ4n) is 1.59. The lowest BCUT2D eigenvalue weighted by atomic mass is 10.3. The van der Waals surface area contributed by atoms with Crippen molar-refractivity contribution in [2.24, 2.45) is 0 Å². The molecule has 2 amide bonds. The fourth-order valence-corrected chi connectivity index (χ4v) is 2.51. The summed E-state index contributed by atoms with van der Waals surface area (Å²) in [5.74, 6) is -1.62. The van der Waals surface area contributed by atoms with Gasteiger partial charge in [0, 0.05) is 20.0 Å². The van der Waals surface area contributed by atoms with Gasteiger partial charge in [0.2, 0.25) is 5.91 Å². The summed E-state index contributed by atoms with van der Waals surface area (Å²) < 4.78 is 0. The van der Waals surface area contributed by atoms with Crippen molar-refractivity contribution in [2.75, 3.05) is 39.0 Å². The first-order valence-corrected chi connectivity index (χ1v) is 7.14. The number of aliphatic carboxylic acids is 1. The predicted octanol–water partition coefficient (Wildman–Crippen LogP) is 0.795. The van der Waals surface area contributed by atoms with Crippen LogP contribution in [0.25, 0.3) is 0 Å². The average Bonchev–Trinajstić information content (AvgIpc) is 2.80. The monoisotopic (exact) mass is 313 g/mol. The summed E-state index contributed by atoms with van der Waals surface area (Å²) in [6.07, 6.45) is 0. The van der Waals surface area contributed by atoms with Crippen LogP contribution in [0.5, 0.6) is 0 Å². The van der Waals surface area contributed by atoms with Crippen molar-refractivity contribution in [3.8, 4) is 0 Å². The number of likely N-dealkylation sites (N-methyl/N-ethyl adjacent to an activating group) is 1. The van der Waals surface area contributed by atoms with Gasteiger partial charge in [0.05, 0.1) is 9.88 Å². The van der Waals surface area contributed by atoms with E-state index in [2.05, 4.69) is 5.32 Å². The SMILES string of the molecule is CC(=O)Nc1ccc(C(=O)N(CCN(C)C)CC(=O)O)s1. The van der Waals surface area contributed by atoms with Crippen molar-refractivity contribution in [3.05, 3.63) is 17.0 Å². The van der Waals surface area contributed by atoms with Gasteiger partial charge >= 0.3 is 5.97 Å². The molecule has 116 valence electrons. The lowest BCUT2D eigenvalue weighted by Gasteiger charge is -2.22. The smallest absolute Gasteiger partial charge is 0.323 e. The van der Waals surface area contributed by atoms with Crippen LogP contribution in [0.2, 0.25) is 0 Å². The van der Waals surface area contributed by atoms with E-state index >= 15 is 0 Å². The highest BCUT2D eigenvalue weighted by molar-refractivity contribution is 7.18. The van der Waals surface area contributed by atoms with Gasteiger partial charge in [-0.2, -0.15) is 0 Å². The van der Waals surface area contributed by atoms with Crippen LogP contribution in [0.1, 0.15) is 16.6 Å². The third-order valence-corrected chi connectivity index (χ3v) is 3.54. The predicted molar refractivity (Wildman–Crippen MR) is 80.7 cm³/mol. The molecule has 0 aliphatic carbocycles. The van der Waals surface area contributed by atoms with E-state index in [-0.39, 0.29) is 18.4 Å². The van der Waals surface area contributed by atoms with Gasteiger partial charge in [-0.1, -0.05) is 0 Å². The zero-order valence-electron chi connectivity index (χ0n) is 12.3. The zero-order valence-corrected chi connectivity index (χ0v) is 13.1. The molecule has 1 aromatic rings. The van der Waals surface area contributed by atoms with E-state index in [0.717, 1.165) is 11.3 Å². The van der Waals surface area contributed by atoms with Crippen LogP contribution >= 0.6 is 11.3 Å². The highest BCUT2D eigenvalue weighted by Crippen LogP contribution is 2.23. The minimum atomic E-state index is -1.05. The second-order valence-electron chi connectivity index (χ2n) is 4.77. The maximum absolute atomic E-state index is 12.3. The third-order valence-electron chi connectivity index (χ3n) is 2.55. The molecule has 0 saturated carbocycles. The number of carboxylic acids is 1. The second kappa shape index (κ2) is 7.75. The number of hydrogen-bond donors (Lipinski definition) is 2. The molecular weight excluding hydrogens is 294 g/mol. The Balaban J connectivity index is 2.80. The summed E-state index contributed by atoms with van der Waals surface area (Å²) in [6, 6.07) is 3.22. The number of thiophene rings is 1. The molecule has 21 heavy (non-hydrogen) atoms. The van der Waals surface area contributed by atoms with E-state index in [1.54, 1.807) is 12.1 Å². The first-order chi connectivity index (χ1) is 9.79. The number of rotatable bonds is 7. The van der Waals surface area contributed by atoms with Crippen LogP contribution in [0.3, 0.4) is 0 Å². The summed E-state index contributed by atoms with van der Waals surface area (Å²) in [6.45, 7) is 1.93. The van der Waals surface area contributed by atoms with Crippen molar-refractivity contribution < 1.29 is 19.5 Å². The van der Waals surface area contributed by atoms with Crippen molar-refractivity contribution in [1.29, 1.82) is 0 Å². The van der Waals surface area contributed by atoms with Crippen molar-refractivity contribution in [1.82, 2.24) is 9.80 Å². The van der Waals surface area contributed by atoms with E-state index < -0.39 is 5.97 Å². The van der Waals surface area contributed by atoms with Gasteiger partial charge in [-0.15, -0.1) is 11.3 Å². The van der Waals surface area contributed by atoms with Crippen LogP contribution < -0.4 is 5.32 Å². The largest absolute Gasteiger partial charge is 0.480 e. The molecule has 0 radical (unpaired) electrons. The molecule has 0 aliphatic heterocycles. The Morgan fingerprint density at radius 3 is 2.43 bits per heavy atom. The number of amides is 2. The lowest BCUT2D eigenvalue weighted by molar-refractivity contribution is -0.137. The summed E-state index contributed by atoms with van der Waals surface area (Å²) in [5, 5.41) is 12.1. The van der Waals surface area contributed by atoms with Crippen molar-refractivity contribution in [2.45, 2.75) is 6.92 Å². The van der Waals surface area contributed by atoms with E-state index in [4.69, 9.17) is 5.11 Å². The number of hydrogen-bond acceptors (Lipinski definition) is 5. The highest BCUT2D eigenvalue weighted by atomic mass is 32.1. The summed E-state index contributed by atoms with van der Waals surface area (Å²) in [5.41, 5.74) is 0. The molecule has 0 aromatic carbocycles. The van der Waals surface area contributed by atoms with Gasteiger partial charge < -0.3 is 20.2 Å². The second-order valence-corrected chi connectivity index (χ2v) is 5.85. The number of anilines is 1. The van der Waals surface area contributed by atoms with E-state index in [1.165, 1.54) is 11.8 Å². The zero-order chi connectivity index (χ0) is 16.0. The third kappa shape index (κ3) is 5.92. The maximum Gasteiger partial charge on any atom is 0.323 e. The van der Waals surface area contributed by atoms with E-state index in [1.807, 2.05) is 19.0 Å². The topological polar surface area (TPSA) is 90.0 Å². The lowest BCUT2D eigenvalue weighted by Crippen LogP contribution is -2.39. The number of nitrogens with zero attached hydrogens (tertiary/aromatic N) is 2. The molecule has 0 bridgehead atoms. The Morgan fingerprint density at radius 1 is 1.24 bits per heavy atom.